The van der Waals surface area contributed by atoms with Gasteiger partial charge in [0.25, 0.3) is 0 Å². The van der Waals surface area contributed by atoms with Crippen LogP contribution in [-0.2, 0) is 4.79 Å². The van der Waals surface area contributed by atoms with Gasteiger partial charge in [-0.15, -0.1) is 10.2 Å². The van der Waals surface area contributed by atoms with E-state index < -0.39 is 0 Å². The molecule has 140 valence electrons. The van der Waals surface area contributed by atoms with Crippen LogP contribution in [0.1, 0.15) is 39.0 Å². The minimum Gasteiger partial charge on any atom is -0.339 e. The molecule has 1 aliphatic rings. The molecule has 1 fully saturated rings. The number of nitrogens with two attached hydrogens (primary N) is 1. The van der Waals surface area contributed by atoms with Crippen molar-refractivity contribution in [2.75, 3.05) is 18.1 Å². The predicted molar refractivity (Wildman–Crippen MR) is 106 cm³/mol. The standard InChI is InChI=1S/C18H24ClN5OS/c1-2-23(15-6-4-3-5-7-15)16(25)12-26-18-22-21-17(24(18)20)13-8-10-14(19)11-9-13/h8-11,15H,2-7,12,20H2,1H3. The SMILES string of the molecule is CCN(C(=O)CSc1nnc(-c2ccc(Cl)cc2)n1N)C1CCCCC1. The largest absolute Gasteiger partial charge is 0.339 e. The second-order valence-electron chi connectivity index (χ2n) is 6.44. The van der Waals surface area contributed by atoms with Gasteiger partial charge in [0.15, 0.2) is 5.82 Å². The van der Waals surface area contributed by atoms with Gasteiger partial charge < -0.3 is 10.7 Å². The summed E-state index contributed by atoms with van der Waals surface area (Å²) in [5.74, 6) is 7.14. The first-order valence-corrected chi connectivity index (χ1v) is 10.3. The molecule has 8 heteroatoms. The zero-order valence-electron chi connectivity index (χ0n) is 14.9. The second-order valence-corrected chi connectivity index (χ2v) is 7.82. The lowest BCUT2D eigenvalue weighted by Gasteiger charge is -2.33. The number of nitrogen functional groups attached to an aromatic ring is 1. The van der Waals surface area contributed by atoms with E-state index in [2.05, 4.69) is 10.2 Å². The Labute approximate surface area is 163 Å². The number of rotatable bonds is 6. The van der Waals surface area contributed by atoms with Gasteiger partial charge in [-0.2, -0.15) is 0 Å². The van der Waals surface area contributed by atoms with Crippen molar-refractivity contribution in [3.8, 4) is 11.4 Å². The molecule has 1 aliphatic carbocycles. The number of benzene rings is 1. The summed E-state index contributed by atoms with van der Waals surface area (Å²) in [6.45, 7) is 2.79. The first-order valence-electron chi connectivity index (χ1n) is 8.99. The summed E-state index contributed by atoms with van der Waals surface area (Å²) in [4.78, 5) is 14.7. The lowest BCUT2D eigenvalue weighted by atomic mass is 9.94. The van der Waals surface area contributed by atoms with Gasteiger partial charge in [0.05, 0.1) is 5.75 Å². The molecule has 0 bridgehead atoms. The average molecular weight is 394 g/mol. The Hall–Kier alpha value is -1.73. The number of hydrogen-bond donors (Lipinski definition) is 1. The van der Waals surface area contributed by atoms with Crippen molar-refractivity contribution < 1.29 is 4.79 Å². The third-order valence-electron chi connectivity index (χ3n) is 4.77. The number of carbonyl (C=O) groups is 1. The van der Waals surface area contributed by atoms with Crippen LogP contribution in [0.5, 0.6) is 0 Å². The fraction of sp³-hybridized carbons (Fsp3) is 0.500. The Kier molecular flexibility index (Phi) is 6.43. The molecule has 0 spiro atoms. The van der Waals surface area contributed by atoms with E-state index in [1.807, 2.05) is 24.0 Å². The van der Waals surface area contributed by atoms with Crippen LogP contribution >= 0.6 is 23.4 Å². The van der Waals surface area contributed by atoms with E-state index in [1.165, 1.54) is 35.7 Å². The molecule has 0 atom stereocenters. The topological polar surface area (TPSA) is 77.0 Å². The summed E-state index contributed by atoms with van der Waals surface area (Å²) < 4.78 is 1.43. The Bertz CT molecular complexity index is 743. The summed E-state index contributed by atoms with van der Waals surface area (Å²) in [6.07, 6.45) is 5.92. The summed E-state index contributed by atoms with van der Waals surface area (Å²) in [6, 6.07) is 7.63. The van der Waals surface area contributed by atoms with E-state index in [4.69, 9.17) is 17.4 Å². The summed E-state index contributed by atoms with van der Waals surface area (Å²) >= 11 is 7.24. The molecule has 1 amide bonds. The zero-order valence-corrected chi connectivity index (χ0v) is 16.5. The van der Waals surface area contributed by atoms with Gasteiger partial charge in [-0.25, -0.2) is 4.68 Å². The number of hydrogen-bond acceptors (Lipinski definition) is 5. The number of aromatic nitrogens is 3. The first kappa shape index (κ1) is 19.0. The van der Waals surface area contributed by atoms with Crippen molar-refractivity contribution in [3.63, 3.8) is 0 Å². The van der Waals surface area contributed by atoms with Crippen molar-refractivity contribution in [1.82, 2.24) is 19.8 Å². The molecular formula is C18H24ClN5OS. The van der Waals surface area contributed by atoms with Crippen LogP contribution < -0.4 is 5.84 Å². The maximum absolute atomic E-state index is 12.7. The Balaban J connectivity index is 1.64. The van der Waals surface area contributed by atoms with E-state index in [1.54, 1.807) is 12.1 Å². The van der Waals surface area contributed by atoms with Gasteiger partial charge in [0.2, 0.25) is 11.1 Å². The van der Waals surface area contributed by atoms with Crippen LogP contribution in [-0.4, -0.2) is 44.0 Å². The minimum atomic E-state index is 0.139. The van der Waals surface area contributed by atoms with Crippen molar-refractivity contribution in [2.45, 2.75) is 50.2 Å². The van der Waals surface area contributed by atoms with E-state index in [0.29, 0.717) is 27.8 Å². The second kappa shape index (κ2) is 8.77. The van der Waals surface area contributed by atoms with Crippen molar-refractivity contribution in [2.24, 2.45) is 0 Å². The lowest BCUT2D eigenvalue weighted by Crippen LogP contribution is -2.42. The highest BCUT2D eigenvalue weighted by Gasteiger charge is 2.24. The Morgan fingerprint density at radius 2 is 1.96 bits per heavy atom. The van der Waals surface area contributed by atoms with E-state index >= 15 is 0 Å². The van der Waals surface area contributed by atoms with Gasteiger partial charge in [-0.1, -0.05) is 42.6 Å². The first-order chi connectivity index (χ1) is 12.6. The highest BCUT2D eigenvalue weighted by molar-refractivity contribution is 7.99. The third kappa shape index (κ3) is 4.32. The van der Waals surface area contributed by atoms with Crippen LogP contribution in [0, 0.1) is 0 Å². The summed E-state index contributed by atoms with van der Waals surface area (Å²) in [5.41, 5.74) is 0.833. The molecule has 0 radical (unpaired) electrons. The maximum atomic E-state index is 12.7. The van der Waals surface area contributed by atoms with Crippen LogP contribution in [0.15, 0.2) is 29.4 Å². The molecule has 0 saturated heterocycles. The molecule has 2 N–H and O–H groups in total. The predicted octanol–water partition coefficient (Wildman–Crippen LogP) is 3.59. The van der Waals surface area contributed by atoms with Crippen LogP contribution in [0.3, 0.4) is 0 Å². The molecule has 1 aromatic heterocycles. The fourth-order valence-corrected chi connectivity index (χ4v) is 4.28. The number of amides is 1. The smallest absolute Gasteiger partial charge is 0.233 e. The average Bonchev–Trinajstić information content (AvgIpc) is 3.03. The molecule has 1 heterocycles. The maximum Gasteiger partial charge on any atom is 0.233 e. The van der Waals surface area contributed by atoms with E-state index in [-0.39, 0.29) is 5.91 Å². The summed E-state index contributed by atoms with van der Waals surface area (Å²) in [7, 11) is 0. The third-order valence-corrected chi connectivity index (χ3v) is 5.95. The lowest BCUT2D eigenvalue weighted by molar-refractivity contribution is -0.131. The zero-order chi connectivity index (χ0) is 18.5. The molecule has 6 nitrogen and oxygen atoms in total. The molecule has 0 unspecified atom stereocenters. The minimum absolute atomic E-state index is 0.139. The molecule has 3 rings (SSSR count). The van der Waals surface area contributed by atoms with E-state index in [0.717, 1.165) is 24.9 Å². The molecule has 2 aromatic rings. The molecule has 1 aromatic carbocycles. The number of thioether (sulfide) groups is 1. The van der Waals surface area contributed by atoms with Crippen LogP contribution in [0.25, 0.3) is 11.4 Å². The molecule has 0 aliphatic heterocycles. The quantitative estimate of drug-likeness (QED) is 0.599. The fourth-order valence-electron chi connectivity index (χ4n) is 3.41. The Morgan fingerprint density at radius 1 is 1.27 bits per heavy atom. The Morgan fingerprint density at radius 3 is 2.62 bits per heavy atom. The highest BCUT2D eigenvalue weighted by Crippen LogP contribution is 2.25. The highest BCUT2D eigenvalue weighted by atomic mass is 35.5. The van der Waals surface area contributed by atoms with Crippen molar-refractivity contribution in [1.29, 1.82) is 0 Å². The number of carbonyl (C=O) groups excluding carboxylic acids is 1. The van der Waals surface area contributed by atoms with Crippen molar-refractivity contribution >= 4 is 29.3 Å². The normalized spacial score (nSPS) is 15.2. The van der Waals surface area contributed by atoms with E-state index in [9.17, 15) is 4.79 Å². The van der Waals surface area contributed by atoms with Crippen LogP contribution in [0.2, 0.25) is 5.02 Å². The molecule has 1 saturated carbocycles. The summed E-state index contributed by atoms with van der Waals surface area (Å²) in [5, 5.41) is 9.46. The van der Waals surface area contributed by atoms with Gasteiger partial charge in [0, 0.05) is 23.2 Å². The van der Waals surface area contributed by atoms with Crippen molar-refractivity contribution in [3.05, 3.63) is 29.3 Å². The van der Waals surface area contributed by atoms with Gasteiger partial charge in [-0.3, -0.25) is 4.79 Å². The van der Waals surface area contributed by atoms with Crippen LogP contribution in [0.4, 0.5) is 0 Å². The van der Waals surface area contributed by atoms with Gasteiger partial charge in [0.1, 0.15) is 0 Å². The number of halogens is 1. The molecular weight excluding hydrogens is 370 g/mol. The van der Waals surface area contributed by atoms with Gasteiger partial charge >= 0.3 is 0 Å². The molecule has 26 heavy (non-hydrogen) atoms. The monoisotopic (exact) mass is 393 g/mol. The number of nitrogens with zero attached hydrogens (tertiary/aromatic N) is 4. The van der Waals surface area contributed by atoms with Gasteiger partial charge in [-0.05, 0) is 44.0 Å².